The minimum absolute atomic E-state index is 0.0202. The highest BCUT2D eigenvalue weighted by molar-refractivity contribution is 7.17. The van der Waals surface area contributed by atoms with Crippen LogP contribution in [-0.4, -0.2) is 41.2 Å². The van der Waals surface area contributed by atoms with Crippen LogP contribution < -0.4 is 9.64 Å². The van der Waals surface area contributed by atoms with Crippen LogP contribution in [0.25, 0.3) is 0 Å². The number of carbonyl (C=O) groups excluding carboxylic acids is 2. The van der Waals surface area contributed by atoms with E-state index in [0.717, 1.165) is 12.8 Å². The molecule has 0 radical (unpaired) electrons. The third-order valence-electron chi connectivity index (χ3n) is 5.61. The van der Waals surface area contributed by atoms with E-state index in [9.17, 15) is 22.8 Å². The summed E-state index contributed by atoms with van der Waals surface area (Å²) in [4.78, 5) is 33.9. The number of amides is 2. The van der Waals surface area contributed by atoms with Gasteiger partial charge in [-0.25, -0.2) is 9.78 Å². The van der Waals surface area contributed by atoms with E-state index in [0.29, 0.717) is 40.8 Å². The molecule has 2 heterocycles. The minimum atomic E-state index is -4.75. The summed E-state index contributed by atoms with van der Waals surface area (Å²) in [6.07, 6.45) is -2.79. The number of aromatic nitrogens is 1. The Labute approximate surface area is 205 Å². The standard InChI is InChI=1S/C25H24F3N3O3S/c1-17-22(21(32)9-5-8-18-6-3-2-4-7-18)35-23(29-17)31-15-14-30(24(31)33)16-19-10-12-20(13-11-19)34-25(26,27)28/h2-4,6-7,10-13H,5,8-9,14-16H2,1H3. The molecule has 0 N–H and O–H groups in total. The first-order chi connectivity index (χ1) is 16.7. The molecule has 10 heteroatoms. The van der Waals surface area contributed by atoms with Crippen molar-refractivity contribution in [2.45, 2.75) is 39.1 Å². The van der Waals surface area contributed by atoms with Crippen LogP contribution >= 0.6 is 11.3 Å². The van der Waals surface area contributed by atoms with E-state index in [1.165, 1.54) is 41.2 Å². The molecule has 1 saturated heterocycles. The van der Waals surface area contributed by atoms with Gasteiger partial charge >= 0.3 is 12.4 Å². The average Bonchev–Trinajstić information content (AvgIpc) is 3.37. The monoisotopic (exact) mass is 503 g/mol. The highest BCUT2D eigenvalue weighted by Gasteiger charge is 2.33. The van der Waals surface area contributed by atoms with Gasteiger partial charge in [-0.3, -0.25) is 9.69 Å². The molecule has 0 aliphatic carbocycles. The summed E-state index contributed by atoms with van der Waals surface area (Å²) >= 11 is 1.23. The predicted molar refractivity (Wildman–Crippen MR) is 127 cm³/mol. The number of hydrogen-bond donors (Lipinski definition) is 0. The number of rotatable bonds is 9. The minimum Gasteiger partial charge on any atom is -0.406 e. The number of nitrogens with zero attached hydrogens (tertiary/aromatic N) is 3. The van der Waals surface area contributed by atoms with Gasteiger partial charge in [0.1, 0.15) is 5.75 Å². The first-order valence-electron chi connectivity index (χ1n) is 11.2. The van der Waals surface area contributed by atoms with Crippen molar-refractivity contribution in [3.05, 3.63) is 76.3 Å². The Morgan fingerprint density at radius 3 is 2.46 bits per heavy atom. The molecule has 0 bridgehead atoms. The molecule has 0 unspecified atom stereocenters. The van der Waals surface area contributed by atoms with Crippen molar-refractivity contribution in [3.8, 4) is 5.75 Å². The molecule has 6 nitrogen and oxygen atoms in total. The van der Waals surface area contributed by atoms with E-state index in [1.54, 1.807) is 16.7 Å². The number of hydrogen-bond acceptors (Lipinski definition) is 5. The number of benzene rings is 2. The van der Waals surface area contributed by atoms with Gasteiger partial charge in [-0.1, -0.05) is 53.8 Å². The number of anilines is 1. The molecule has 1 fully saturated rings. The quantitative estimate of drug-likeness (QED) is 0.336. The van der Waals surface area contributed by atoms with Crippen molar-refractivity contribution >= 4 is 28.3 Å². The summed E-state index contributed by atoms with van der Waals surface area (Å²) in [5.74, 6) is -0.290. The van der Waals surface area contributed by atoms with E-state index in [1.807, 2.05) is 30.3 Å². The Morgan fingerprint density at radius 2 is 1.77 bits per heavy atom. The smallest absolute Gasteiger partial charge is 0.406 e. The summed E-state index contributed by atoms with van der Waals surface area (Å²) in [6.45, 7) is 2.88. The number of thiazole rings is 1. The van der Waals surface area contributed by atoms with Gasteiger partial charge in [-0.15, -0.1) is 13.2 Å². The number of carbonyl (C=O) groups is 2. The van der Waals surface area contributed by atoms with Crippen molar-refractivity contribution in [1.82, 2.24) is 9.88 Å². The van der Waals surface area contributed by atoms with Crippen molar-refractivity contribution in [1.29, 1.82) is 0 Å². The van der Waals surface area contributed by atoms with Crippen molar-refractivity contribution < 1.29 is 27.5 Å². The van der Waals surface area contributed by atoms with E-state index in [2.05, 4.69) is 9.72 Å². The molecule has 0 atom stereocenters. The second-order valence-corrected chi connectivity index (χ2v) is 9.20. The van der Waals surface area contributed by atoms with Crippen LogP contribution in [-0.2, 0) is 13.0 Å². The summed E-state index contributed by atoms with van der Waals surface area (Å²) in [5, 5.41) is 0.482. The molecular weight excluding hydrogens is 479 g/mol. The number of ketones is 1. The second-order valence-electron chi connectivity index (χ2n) is 8.22. The molecule has 2 amide bonds. The Morgan fingerprint density at radius 1 is 1.06 bits per heavy atom. The predicted octanol–water partition coefficient (Wildman–Crippen LogP) is 6.00. The first kappa shape index (κ1) is 24.7. The van der Waals surface area contributed by atoms with Crippen molar-refractivity contribution in [2.75, 3.05) is 18.0 Å². The van der Waals surface area contributed by atoms with E-state index in [-0.39, 0.29) is 24.1 Å². The largest absolute Gasteiger partial charge is 0.573 e. The molecule has 35 heavy (non-hydrogen) atoms. The average molecular weight is 504 g/mol. The summed E-state index contributed by atoms with van der Waals surface area (Å²) in [5.41, 5.74) is 2.48. The van der Waals surface area contributed by atoms with Gasteiger partial charge in [-0.2, -0.15) is 0 Å². The Bertz CT molecular complexity index is 1180. The Hall–Kier alpha value is -3.40. The third kappa shape index (κ3) is 6.39. The van der Waals surface area contributed by atoms with Crippen molar-refractivity contribution in [2.24, 2.45) is 0 Å². The zero-order valence-corrected chi connectivity index (χ0v) is 19.9. The number of aryl methyl sites for hydroxylation is 2. The van der Waals surface area contributed by atoms with Crippen LogP contribution in [0.2, 0.25) is 0 Å². The van der Waals surface area contributed by atoms with Gasteiger partial charge in [0.15, 0.2) is 10.9 Å². The zero-order chi connectivity index (χ0) is 25.0. The lowest BCUT2D eigenvalue weighted by Gasteiger charge is -2.17. The van der Waals surface area contributed by atoms with Crippen LogP contribution in [0.5, 0.6) is 5.75 Å². The molecule has 1 aliphatic rings. The fourth-order valence-electron chi connectivity index (χ4n) is 3.89. The molecular formula is C25H24F3N3O3S. The third-order valence-corrected chi connectivity index (χ3v) is 6.83. The van der Waals surface area contributed by atoms with Crippen LogP contribution in [0, 0.1) is 6.92 Å². The fraction of sp³-hybridized carbons (Fsp3) is 0.320. The number of urea groups is 1. The van der Waals surface area contributed by atoms with E-state index in [4.69, 9.17) is 0 Å². The highest BCUT2D eigenvalue weighted by Crippen LogP contribution is 2.31. The molecule has 0 saturated carbocycles. The van der Waals surface area contributed by atoms with Gasteiger partial charge < -0.3 is 9.64 Å². The van der Waals surface area contributed by atoms with Gasteiger partial charge in [0, 0.05) is 26.1 Å². The maximum Gasteiger partial charge on any atom is 0.573 e. The number of alkyl halides is 3. The van der Waals surface area contributed by atoms with Gasteiger partial charge in [0.2, 0.25) is 0 Å². The summed E-state index contributed by atoms with van der Waals surface area (Å²) in [6, 6.07) is 15.2. The molecule has 3 aromatic rings. The maximum atomic E-state index is 12.9. The van der Waals surface area contributed by atoms with Crippen LogP contribution in [0.1, 0.15) is 39.3 Å². The number of Topliss-reactive ketones (excluding diaryl/α,β-unsaturated/α-hetero) is 1. The number of halogens is 3. The Balaban J connectivity index is 1.34. The van der Waals surface area contributed by atoms with Gasteiger partial charge in [0.25, 0.3) is 0 Å². The van der Waals surface area contributed by atoms with Crippen LogP contribution in [0.4, 0.5) is 23.1 Å². The zero-order valence-electron chi connectivity index (χ0n) is 19.0. The van der Waals surface area contributed by atoms with Crippen molar-refractivity contribution in [3.63, 3.8) is 0 Å². The number of ether oxygens (including phenoxy) is 1. The fourth-order valence-corrected chi connectivity index (χ4v) is 4.95. The van der Waals surface area contributed by atoms with Crippen LogP contribution in [0.3, 0.4) is 0 Å². The lowest BCUT2D eigenvalue weighted by Crippen LogP contribution is -2.31. The Kier molecular flexibility index (Phi) is 7.39. The SMILES string of the molecule is Cc1nc(N2CCN(Cc3ccc(OC(F)(F)F)cc3)C2=O)sc1C(=O)CCCc1ccccc1. The summed E-state index contributed by atoms with van der Waals surface area (Å²) < 4.78 is 40.9. The molecule has 184 valence electrons. The van der Waals surface area contributed by atoms with Gasteiger partial charge in [0.05, 0.1) is 10.6 Å². The van der Waals surface area contributed by atoms with Gasteiger partial charge in [-0.05, 0) is 43.0 Å². The topological polar surface area (TPSA) is 62.7 Å². The lowest BCUT2D eigenvalue weighted by atomic mass is 10.1. The first-order valence-corrected chi connectivity index (χ1v) is 12.0. The molecule has 1 aromatic heterocycles. The molecule has 1 aliphatic heterocycles. The lowest BCUT2D eigenvalue weighted by molar-refractivity contribution is -0.274. The maximum absolute atomic E-state index is 12.9. The summed E-state index contributed by atoms with van der Waals surface area (Å²) in [7, 11) is 0. The molecule has 0 spiro atoms. The van der Waals surface area contributed by atoms with E-state index >= 15 is 0 Å². The highest BCUT2D eigenvalue weighted by atomic mass is 32.1. The van der Waals surface area contributed by atoms with E-state index < -0.39 is 6.36 Å². The normalized spacial score (nSPS) is 14.0. The molecule has 4 rings (SSSR count). The molecule has 2 aromatic carbocycles. The van der Waals surface area contributed by atoms with Crippen LogP contribution in [0.15, 0.2) is 54.6 Å². The second kappa shape index (κ2) is 10.5.